The summed E-state index contributed by atoms with van der Waals surface area (Å²) in [6, 6.07) is 0.892. The SMILES string of the molecule is CC(C)(C)CCC1CCCC1CNC1CC1. The first-order valence-electron chi connectivity index (χ1n) is 7.28. The zero-order chi connectivity index (χ0) is 11.6. The topological polar surface area (TPSA) is 12.0 Å². The lowest BCUT2D eigenvalue weighted by molar-refractivity contribution is 0.278. The normalized spacial score (nSPS) is 30.9. The molecule has 2 aliphatic carbocycles. The van der Waals surface area contributed by atoms with Crippen molar-refractivity contribution in [2.24, 2.45) is 17.3 Å². The first-order chi connectivity index (χ1) is 7.54. The van der Waals surface area contributed by atoms with Crippen LogP contribution in [0.15, 0.2) is 0 Å². The van der Waals surface area contributed by atoms with Crippen LogP contribution in [0.4, 0.5) is 0 Å². The van der Waals surface area contributed by atoms with Crippen LogP contribution in [0.5, 0.6) is 0 Å². The van der Waals surface area contributed by atoms with Crippen molar-refractivity contribution in [1.29, 1.82) is 0 Å². The van der Waals surface area contributed by atoms with Crippen molar-refractivity contribution in [3.8, 4) is 0 Å². The Hall–Kier alpha value is -0.0400. The van der Waals surface area contributed by atoms with E-state index in [9.17, 15) is 0 Å². The highest BCUT2D eigenvalue weighted by Gasteiger charge is 2.30. The van der Waals surface area contributed by atoms with Gasteiger partial charge in [-0.05, 0) is 55.9 Å². The minimum atomic E-state index is 0.525. The van der Waals surface area contributed by atoms with E-state index in [0.717, 1.165) is 17.9 Å². The van der Waals surface area contributed by atoms with E-state index >= 15 is 0 Å². The van der Waals surface area contributed by atoms with Crippen molar-refractivity contribution < 1.29 is 0 Å². The molecule has 0 spiro atoms. The van der Waals surface area contributed by atoms with Crippen LogP contribution < -0.4 is 5.32 Å². The molecule has 0 radical (unpaired) electrons. The molecule has 0 bridgehead atoms. The van der Waals surface area contributed by atoms with Gasteiger partial charge in [-0.3, -0.25) is 0 Å². The van der Waals surface area contributed by atoms with E-state index in [1.165, 1.54) is 51.5 Å². The van der Waals surface area contributed by atoms with Crippen LogP contribution in [-0.2, 0) is 0 Å². The molecule has 0 amide bonds. The maximum atomic E-state index is 3.73. The molecule has 0 aliphatic heterocycles. The Kier molecular flexibility index (Phi) is 3.94. The molecule has 16 heavy (non-hydrogen) atoms. The third kappa shape index (κ3) is 4.08. The standard InChI is InChI=1S/C15H29N/c1-15(2,3)10-9-12-5-4-6-13(12)11-16-14-7-8-14/h12-14,16H,4-11H2,1-3H3. The van der Waals surface area contributed by atoms with Crippen molar-refractivity contribution >= 4 is 0 Å². The van der Waals surface area contributed by atoms with E-state index in [1.54, 1.807) is 0 Å². The third-order valence-corrected chi connectivity index (χ3v) is 4.33. The fourth-order valence-electron chi connectivity index (χ4n) is 2.99. The van der Waals surface area contributed by atoms with E-state index < -0.39 is 0 Å². The largest absolute Gasteiger partial charge is 0.314 e. The highest BCUT2D eigenvalue weighted by Crippen LogP contribution is 2.37. The Morgan fingerprint density at radius 1 is 1.00 bits per heavy atom. The smallest absolute Gasteiger partial charge is 0.00683 e. The summed E-state index contributed by atoms with van der Waals surface area (Å²) in [7, 11) is 0. The summed E-state index contributed by atoms with van der Waals surface area (Å²) in [5.41, 5.74) is 0.525. The van der Waals surface area contributed by atoms with Gasteiger partial charge in [0, 0.05) is 6.04 Å². The lowest BCUT2D eigenvalue weighted by Gasteiger charge is -2.24. The Labute approximate surface area is 101 Å². The maximum absolute atomic E-state index is 3.73. The lowest BCUT2D eigenvalue weighted by Crippen LogP contribution is -2.27. The molecular weight excluding hydrogens is 194 g/mol. The van der Waals surface area contributed by atoms with Crippen molar-refractivity contribution in [1.82, 2.24) is 5.32 Å². The molecule has 0 aromatic carbocycles. The molecule has 0 saturated heterocycles. The lowest BCUT2D eigenvalue weighted by atomic mass is 9.83. The Bertz CT molecular complexity index is 212. The molecule has 2 saturated carbocycles. The second kappa shape index (κ2) is 5.08. The van der Waals surface area contributed by atoms with Crippen molar-refractivity contribution in [2.75, 3.05) is 6.54 Å². The van der Waals surface area contributed by atoms with Gasteiger partial charge in [-0.2, -0.15) is 0 Å². The molecule has 2 rings (SSSR count). The fourth-order valence-corrected chi connectivity index (χ4v) is 2.99. The molecule has 2 unspecified atom stereocenters. The summed E-state index contributed by atoms with van der Waals surface area (Å²) in [5, 5.41) is 3.73. The van der Waals surface area contributed by atoms with Gasteiger partial charge in [-0.25, -0.2) is 0 Å². The van der Waals surface area contributed by atoms with Gasteiger partial charge in [0.15, 0.2) is 0 Å². The molecule has 0 aromatic rings. The highest BCUT2D eigenvalue weighted by atomic mass is 14.9. The van der Waals surface area contributed by atoms with Gasteiger partial charge in [0.1, 0.15) is 0 Å². The maximum Gasteiger partial charge on any atom is 0.00683 e. The average Bonchev–Trinajstić information content (AvgIpc) is 2.90. The van der Waals surface area contributed by atoms with Crippen LogP contribution in [0.1, 0.15) is 65.7 Å². The van der Waals surface area contributed by atoms with Gasteiger partial charge < -0.3 is 5.32 Å². The molecule has 94 valence electrons. The van der Waals surface area contributed by atoms with Crippen LogP contribution in [-0.4, -0.2) is 12.6 Å². The molecule has 1 nitrogen and oxygen atoms in total. The summed E-state index contributed by atoms with van der Waals surface area (Å²) in [5.74, 6) is 2.01. The summed E-state index contributed by atoms with van der Waals surface area (Å²) in [4.78, 5) is 0. The van der Waals surface area contributed by atoms with E-state index in [2.05, 4.69) is 26.1 Å². The Morgan fingerprint density at radius 2 is 1.69 bits per heavy atom. The van der Waals surface area contributed by atoms with E-state index in [0.29, 0.717) is 5.41 Å². The predicted octanol–water partition coefficient (Wildman–Crippen LogP) is 3.98. The number of nitrogens with one attached hydrogen (secondary N) is 1. The molecule has 2 atom stereocenters. The second-order valence-electron chi connectivity index (χ2n) is 7.23. The fraction of sp³-hybridized carbons (Fsp3) is 1.00. The second-order valence-corrected chi connectivity index (χ2v) is 7.23. The first kappa shape index (κ1) is 12.4. The van der Waals surface area contributed by atoms with Crippen molar-refractivity contribution in [2.45, 2.75) is 71.8 Å². The number of hydrogen-bond acceptors (Lipinski definition) is 1. The predicted molar refractivity (Wildman–Crippen MR) is 70.5 cm³/mol. The zero-order valence-corrected chi connectivity index (χ0v) is 11.4. The Balaban J connectivity index is 1.69. The monoisotopic (exact) mass is 223 g/mol. The molecule has 2 aliphatic rings. The van der Waals surface area contributed by atoms with Crippen LogP contribution >= 0.6 is 0 Å². The summed E-state index contributed by atoms with van der Waals surface area (Å²) < 4.78 is 0. The van der Waals surface area contributed by atoms with E-state index in [1.807, 2.05) is 0 Å². The summed E-state index contributed by atoms with van der Waals surface area (Å²) in [6.45, 7) is 8.43. The molecule has 1 N–H and O–H groups in total. The van der Waals surface area contributed by atoms with Crippen molar-refractivity contribution in [3.63, 3.8) is 0 Å². The minimum absolute atomic E-state index is 0.525. The molecule has 1 heteroatoms. The van der Waals surface area contributed by atoms with Gasteiger partial charge in [0.05, 0.1) is 0 Å². The quantitative estimate of drug-likeness (QED) is 0.743. The summed E-state index contributed by atoms with van der Waals surface area (Å²) >= 11 is 0. The van der Waals surface area contributed by atoms with Crippen LogP contribution in [0.2, 0.25) is 0 Å². The van der Waals surface area contributed by atoms with Crippen LogP contribution in [0.3, 0.4) is 0 Å². The van der Waals surface area contributed by atoms with Gasteiger partial charge in [-0.1, -0.05) is 33.6 Å². The molecular formula is C15H29N. The molecule has 0 heterocycles. The van der Waals surface area contributed by atoms with Gasteiger partial charge in [0.25, 0.3) is 0 Å². The number of rotatable bonds is 5. The minimum Gasteiger partial charge on any atom is -0.314 e. The number of hydrogen-bond donors (Lipinski definition) is 1. The molecule has 0 aromatic heterocycles. The zero-order valence-electron chi connectivity index (χ0n) is 11.4. The van der Waals surface area contributed by atoms with E-state index in [-0.39, 0.29) is 0 Å². The van der Waals surface area contributed by atoms with Crippen LogP contribution in [0, 0.1) is 17.3 Å². The van der Waals surface area contributed by atoms with Gasteiger partial charge in [-0.15, -0.1) is 0 Å². The van der Waals surface area contributed by atoms with Gasteiger partial charge in [0.2, 0.25) is 0 Å². The van der Waals surface area contributed by atoms with Gasteiger partial charge >= 0.3 is 0 Å². The average molecular weight is 223 g/mol. The van der Waals surface area contributed by atoms with Crippen molar-refractivity contribution in [3.05, 3.63) is 0 Å². The Morgan fingerprint density at radius 3 is 2.31 bits per heavy atom. The highest BCUT2D eigenvalue weighted by molar-refractivity contribution is 4.85. The third-order valence-electron chi connectivity index (χ3n) is 4.33. The summed E-state index contributed by atoms with van der Waals surface area (Å²) in [6.07, 6.45) is 10.2. The molecule has 2 fully saturated rings. The van der Waals surface area contributed by atoms with Crippen LogP contribution in [0.25, 0.3) is 0 Å². The van der Waals surface area contributed by atoms with E-state index in [4.69, 9.17) is 0 Å². The first-order valence-corrected chi connectivity index (χ1v) is 7.28.